The van der Waals surface area contributed by atoms with E-state index in [0.29, 0.717) is 0 Å². The maximum absolute atomic E-state index is 3.29. The Morgan fingerprint density at radius 3 is 1.57 bits per heavy atom. The molecule has 0 N–H and O–H groups in total. The largest absolute Gasteiger partial charge is 0.147 e. The zero-order chi connectivity index (χ0) is 37.8. The number of hydrogen-bond donors (Lipinski definition) is 0. The van der Waals surface area contributed by atoms with Crippen LogP contribution >= 0.6 is 24.8 Å². The van der Waals surface area contributed by atoms with Crippen LogP contribution < -0.4 is 3.32 Å². The summed E-state index contributed by atoms with van der Waals surface area (Å²) in [7, 11) is 0. The van der Waals surface area contributed by atoms with E-state index in [1.165, 1.54) is 72.3 Å². The summed E-state index contributed by atoms with van der Waals surface area (Å²) in [4.78, 5) is 0. The maximum Gasteiger partial charge on any atom is -0.147 e. The molecule has 2 aliphatic rings. The van der Waals surface area contributed by atoms with E-state index in [9.17, 15) is 0 Å². The third-order valence-electron chi connectivity index (χ3n) is 11.4. The molecule has 0 saturated carbocycles. The van der Waals surface area contributed by atoms with Gasteiger partial charge in [0.2, 0.25) is 0 Å². The first-order valence-corrected chi connectivity index (χ1v) is 25.0. The Bertz CT molecular complexity index is 2420. The van der Waals surface area contributed by atoms with Crippen LogP contribution in [-0.4, -0.2) is 3.26 Å². The standard InChI is InChI=1S/C33H33.C15H14.C5H5.2ClH.Hf/c1-32(2,3)30-20-26-24(18-28(30)22-13-9-7-10-14-22)17-25-19-29(23-15-11-8-12-16-23)31(21-27(25)26)33(4,5)6;1-12-3-7-14(8-4-12)11-15-9-5-13(2)6-10-15;1-2-4-5-3-1;;;/h7-16,18,20-21H,17H2,1-6H3;3-10H,1-2H3;1-3H,4H2;2*1H;. The van der Waals surface area contributed by atoms with Gasteiger partial charge in [0.05, 0.1) is 0 Å². The monoisotopic (exact) mass is 940 g/mol. The summed E-state index contributed by atoms with van der Waals surface area (Å²) in [6.07, 6.45) is 9.22. The molecule has 0 aliphatic heterocycles. The van der Waals surface area contributed by atoms with E-state index in [1.54, 1.807) is 15.5 Å². The van der Waals surface area contributed by atoms with E-state index in [4.69, 9.17) is 0 Å². The fourth-order valence-corrected chi connectivity index (χ4v) is 21.0. The van der Waals surface area contributed by atoms with Gasteiger partial charge in [-0.25, -0.2) is 0 Å². The number of allylic oxidation sites excluding steroid dienone is 4. The Kier molecular flexibility index (Phi) is 12.3. The van der Waals surface area contributed by atoms with Crippen molar-refractivity contribution in [2.45, 2.75) is 79.1 Å². The van der Waals surface area contributed by atoms with Crippen molar-refractivity contribution in [3.05, 3.63) is 193 Å². The van der Waals surface area contributed by atoms with Crippen LogP contribution in [-0.2, 0) is 38.2 Å². The number of halogens is 2. The first-order valence-electron chi connectivity index (χ1n) is 19.6. The number of rotatable bonds is 6. The van der Waals surface area contributed by atoms with Crippen LogP contribution in [0.5, 0.6) is 0 Å². The third kappa shape index (κ3) is 7.98. The van der Waals surface area contributed by atoms with Crippen molar-refractivity contribution in [1.82, 2.24) is 0 Å². The van der Waals surface area contributed by atoms with Gasteiger partial charge >= 0.3 is 333 Å². The summed E-state index contributed by atoms with van der Waals surface area (Å²) in [6.45, 7) is 18.8. The van der Waals surface area contributed by atoms with Gasteiger partial charge in [-0.3, -0.25) is 0 Å². The van der Waals surface area contributed by atoms with E-state index in [2.05, 4.69) is 201 Å². The molecule has 8 rings (SSSR count). The van der Waals surface area contributed by atoms with Crippen LogP contribution in [0.3, 0.4) is 0 Å². The van der Waals surface area contributed by atoms with E-state index in [1.807, 2.05) is 0 Å². The third-order valence-corrected chi connectivity index (χ3v) is 22.7. The zero-order valence-corrected chi connectivity index (χ0v) is 39.3. The van der Waals surface area contributed by atoms with Gasteiger partial charge in [-0.1, -0.05) is 0 Å². The Hall–Kier alpha value is -3.88. The number of fused-ring (bicyclic) bond motifs is 3. The molecule has 3 heteroatoms. The summed E-state index contributed by atoms with van der Waals surface area (Å²) < 4.78 is 4.93. The quantitative estimate of drug-likeness (QED) is 0.146. The maximum atomic E-state index is 2.61. The van der Waals surface area contributed by atoms with E-state index < -0.39 is 21.0 Å². The van der Waals surface area contributed by atoms with Gasteiger partial charge in [0, 0.05) is 0 Å². The molecule has 0 aromatic heterocycles. The molecule has 0 unspecified atom stereocenters. The molecule has 0 saturated heterocycles. The molecule has 0 atom stereocenters. The van der Waals surface area contributed by atoms with E-state index in [-0.39, 0.29) is 35.6 Å². The predicted molar refractivity (Wildman–Crippen MR) is 244 cm³/mol. The Balaban J connectivity index is 0.00000266. The minimum atomic E-state index is -3.29. The van der Waals surface area contributed by atoms with Gasteiger partial charge in [-0.05, 0) is 0 Å². The Morgan fingerprint density at radius 1 is 0.554 bits per heavy atom. The van der Waals surface area contributed by atoms with Gasteiger partial charge in [0.15, 0.2) is 0 Å². The van der Waals surface area contributed by atoms with Crippen molar-refractivity contribution in [2.75, 3.05) is 0 Å². The average Bonchev–Trinajstić information content (AvgIpc) is 3.82. The van der Waals surface area contributed by atoms with Crippen molar-refractivity contribution >= 4 is 31.4 Å². The second-order valence-electron chi connectivity index (χ2n) is 17.5. The second kappa shape index (κ2) is 16.5. The molecular formula is C53H54Cl2Hf. The van der Waals surface area contributed by atoms with Crippen LogP contribution in [0.15, 0.2) is 149 Å². The minimum Gasteiger partial charge on any atom is -0.147 e. The Labute approximate surface area is 355 Å². The zero-order valence-electron chi connectivity index (χ0n) is 34.1. The van der Waals surface area contributed by atoms with Crippen LogP contribution in [0.1, 0.15) is 92.5 Å². The first-order chi connectivity index (χ1) is 25.9. The van der Waals surface area contributed by atoms with Gasteiger partial charge in [0.1, 0.15) is 0 Å². The molecule has 6 aromatic rings. The predicted octanol–water partition coefficient (Wildman–Crippen LogP) is 14.0. The molecule has 0 amide bonds. The SMILES string of the molecule is Cc1ccc([C](c2ccc(C)cc2)=[Hf]([C]2=CC=CC2)[c]2c3c(cc(C(C)(C)C)c2-c2ccccc2)-c2cc(C(C)(C)C)c(-c4ccccc4)cc2C3)cc1.Cl.Cl. The van der Waals surface area contributed by atoms with Gasteiger partial charge in [-0.2, -0.15) is 0 Å². The molecule has 56 heavy (non-hydrogen) atoms. The van der Waals surface area contributed by atoms with E-state index in [0.717, 1.165) is 12.8 Å². The van der Waals surface area contributed by atoms with Crippen molar-refractivity contribution in [1.29, 1.82) is 0 Å². The molecule has 6 aromatic carbocycles. The molecule has 0 heterocycles. The molecule has 284 valence electrons. The summed E-state index contributed by atoms with van der Waals surface area (Å²) in [5.41, 5.74) is 19.6. The molecule has 0 nitrogen and oxygen atoms in total. The molecule has 0 bridgehead atoms. The molecule has 0 fully saturated rings. The van der Waals surface area contributed by atoms with Crippen molar-refractivity contribution in [3.8, 4) is 33.4 Å². The van der Waals surface area contributed by atoms with Crippen LogP contribution in [0.25, 0.3) is 33.4 Å². The topological polar surface area (TPSA) is 0 Å². The minimum absolute atomic E-state index is 0. The number of aryl methyl sites for hydroxylation is 2. The molecular weight excluding hydrogens is 886 g/mol. The normalized spacial score (nSPS) is 13.0. The van der Waals surface area contributed by atoms with Crippen LogP contribution in [0.4, 0.5) is 0 Å². The van der Waals surface area contributed by atoms with Crippen molar-refractivity contribution in [3.63, 3.8) is 0 Å². The van der Waals surface area contributed by atoms with Gasteiger partial charge in [-0.15, -0.1) is 24.8 Å². The molecule has 0 spiro atoms. The first kappa shape index (κ1) is 41.7. The van der Waals surface area contributed by atoms with Gasteiger partial charge < -0.3 is 0 Å². The summed E-state index contributed by atoms with van der Waals surface area (Å²) in [5.74, 6) is 0. The number of hydrogen-bond acceptors (Lipinski definition) is 0. The van der Waals surface area contributed by atoms with Crippen molar-refractivity contribution < 1.29 is 21.0 Å². The van der Waals surface area contributed by atoms with Crippen LogP contribution in [0.2, 0.25) is 0 Å². The fraction of sp³-hybridized carbons (Fsp3) is 0.226. The molecule has 0 radical (unpaired) electrons. The molecule has 2 aliphatic carbocycles. The number of benzene rings is 6. The summed E-state index contributed by atoms with van der Waals surface area (Å²) in [5, 5.41) is 0. The smallest absolute Gasteiger partial charge is 0.147 e. The van der Waals surface area contributed by atoms with Crippen LogP contribution in [0, 0.1) is 13.8 Å². The van der Waals surface area contributed by atoms with Crippen molar-refractivity contribution in [2.24, 2.45) is 0 Å². The summed E-state index contributed by atoms with van der Waals surface area (Å²) >= 11 is -3.29. The summed E-state index contributed by atoms with van der Waals surface area (Å²) in [6, 6.07) is 49.1. The van der Waals surface area contributed by atoms with E-state index >= 15 is 0 Å². The van der Waals surface area contributed by atoms with Gasteiger partial charge in [0.25, 0.3) is 0 Å². The average molecular weight is 940 g/mol. The second-order valence-corrected chi connectivity index (χ2v) is 26.1. The fourth-order valence-electron chi connectivity index (χ4n) is 8.60. The Morgan fingerprint density at radius 2 is 1.07 bits per heavy atom.